The van der Waals surface area contributed by atoms with Crippen LogP contribution in [0, 0.1) is 0 Å². The van der Waals surface area contributed by atoms with Crippen LogP contribution in [0.1, 0.15) is 13.2 Å². The Bertz CT molecular complexity index is 753. The lowest BCUT2D eigenvalue weighted by Crippen LogP contribution is -2.47. The van der Waals surface area contributed by atoms with Crippen molar-refractivity contribution in [2.75, 3.05) is 13.7 Å². The van der Waals surface area contributed by atoms with Gasteiger partial charge < -0.3 is 13.8 Å². The van der Waals surface area contributed by atoms with E-state index in [9.17, 15) is 14.0 Å². The van der Waals surface area contributed by atoms with Crippen LogP contribution in [0.3, 0.4) is 0 Å². The molecule has 0 aliphatic carbocycles. The van der Waals surface area contributed by atoms with Gasteiger partial charge in [-0.05, 0) is 18.7 Å². The van der Waals surface area contributed by atoms with Crippen LogP contribution in [-0.4, -0.2) is 41.1 Å². The number of fused-ring (bicyclic) bond motifs is 1. The van der Waals surface area contributed by atoms with Gasteiger partial charge in [0, 0.05) is 19.4 Å². The third kappa shape index (κ3) is 2.49. The second kappa shape index (κ2) is 5.33. The highest BCUT2D eigenvalue weighted by Gasteiger charge is 2.59. The number of H-pyrrole nitrogens is 1. The third-order valence-corrected chi connectivity index (χ3v) is 6.05. The van der Waals surface area contributed by atoms with E-state index in [1.807, 2.05) is 0 Å². The Morgan fingerprint density at radius 2 is 2.32 bits per heavy atom. The first-order chi connectivity index (χ1) is 10.3. The monoisotopic (exact) mass is 352 g/mol. The molecule has 1 aromatic heterocycles. The zero-order chi connectivity index (χ0) is 16.1. The van der Waals surface area contributed by atoms with Gasteiger partial charge in [0.05, 0.1) is 6.61 Å². The van der Waals surface area contributed by atoms with Gasteiger partial charge in [0.25, 0.3) is 5.56 Å². The Hall–Kier alpha value is -0.900. The molecule has 1 unspecified atom stereocenters. The molecule has 0 aromatic carbocycles. The van der Waals surface area contributed by atoms with E-state index in [2.05, 4.69) is 4.98 Å². The standard InChI is InChI=1S/C11H14FN2O6PS/c1-11-5-18-21(22,17-2)20-8(11)7(12)9(19-11)14-4-3-6(15)13-10(14)16/h3-4,7-9H,5H2,1-2H3,(H,13,15,16)/t7-,8+,9-,11-,21?/m1/s1. The first kappa shape index (κ1) is 16.0. The molecule has 0 amide bonds. The summed E-state index contributed by atoms with van der Waals surface area (Å²) in [5.41, 5.74) is -2.46. The Labute approximate surface area is 129 Å². The van der Waals surface area contributed by atoms with E-state index < -0.39 is 42.1 Å². The fraction of sp³-hybridized carbons (Fsp3) is 0.636. The van der Waals surface area contributed by atoms with Gasteiger partial charge in [0.1, 0.15) is 11.7 Å². The predicted molar refractivity (Wildman–Crippen MR) is 76.9 cm³/mol. The zero-order valence-electron chi connectivity index (χ0n) is 11.7. The highest BCUT2D eigenvalue weighted by molar-refractivity contribution is 8.07. The molecule has 8 nitrogen and oxygen atoms in total. The molecule has 3 rings (SSSR count). The van der Waals surface area contributed by atoms with Crippen molar-refractivity contribution in [2.24, 2.45) is 0 Å². The van der Waals surface area contributed by atoms with Crippen LogP contribution in [0.15, 0.2) is 21.9 Å². The number of aromatic amines is 1. The number of halogens is 1. The van der Waals surface area contributed by atoms with E-state index in [-0.39, 0.29) is 6.61 Å². The minimum absolute atomic E-state index is 0.0161. The molecule has 1 aromatic rings. The van der Waals surface area contributed by atoms with Crippen molar-refractivity contribution >= 4 is 18.5 Å². The summed E-state index contributed by atoms with van der Waals surface area (Å²) < 4.78 is 37.2. The number of alkyl halides is 1. The number of hydrogen-bond acceptors (Lipinski definition) is 7. The van der Waals surface area contributed by atoms with Crippen molar-refractivity contribution in [3.63, 3.8) is 0 Å². The smallest absolute Gasteiger partial charge is 0.330 e. The van der Waals surface area contributed by atoms with Crippen LogP contribution >= 0.6 is 6.72 Å². The molecule has 2 aliphatic heterocycles. The van der Waals surface area contributed by atoms with Gasteiger partial charge in [-0.2, -0.15) is 0 Å². The Balaban J connectivity index is 1.96. The number of rotatable bonds is 2. The van der Waals surface area contributed by atoms with Crippen molar-refractivity contribution < 1.29 is 22.7 Å². The molecule has 0 radical (unpaired) electrons. The quantitative estimate of drug-likeness (QED) is 0.773. The van der Waals surface area contributed by atoms with E-state index in [0.29, 0.717) is 0 Å². The summed E-state index contributed by atoms with van der Waals surface area (Å²) in [5.74, 6) is 0. The van der Waals surface area contributed by atoms with E-state index >= 15 is 0 Å². The molecular formula is C11H14FN2O6PS. The second-order valence-corrected chi connectivity index (χ2v) is 8.28. The molecule has 3 heterocycles. The Morgan fingerprint density at radius 3 is 2.95 bits per heavy atom. The SMILES string of the molecule is COP1(=S)OC[C@@]2(C)O[C@@H](n3ccc(=O)[nH]c3=O)[C@H](F)[C@@H]2O1. The van der Waals surface area contributed by atoms with Crippen molar-refractivity contribution in [3.8, 4) is 0 Å². The lowest BCUT2D eigenvalue weighted by molar-refractivity contribution is -0.129. The summed E-state index contributed by atoms with van der Waals surface area (Å²) in [5, 5.41) is 0. The highest BCUT2D eigenvalue weighted by atomic mass is 32.5. The fourth-order valence-electron chi connectivity index (χ4n) is 2.49. The summed E-state index contributed by atoms with van der Waals surface area (Å²) in [4.78, 5) is 25.0. The lowest BCUT2D eigenvalue weighted by Gasteiger charge is -2.38. The Kier molecular flexibility index (Phi) is 3.87. The topological polar surface area (TPSA) is 91.8 Å². The minimum Gasteiger partial charge on any atom is -0.343 e. The summed E-state index contributed by atoms with van der Waals surface area (Å²) >= 11 is 5.09. The maximum atomic E-state index is 14.8. The van der Waals surface area contributed by atoms with Crippen molar-refractivity contribution in [1.29, 1.82) is 0 Å². The van der Waals surface area contributed by atoms with Gasteiger partial charge in [-0.1, -0.05) is 0 Å². The number of nitrogens with zero attached hydrogens (tertiary/aromatic N) is 1. The summed E-state index contributed by atoms with van der Waals surface area (Å²) in [6.45, 7) is -1.42. The van der Waals surface area contributed by atoms with Crippen LogP contribution < -0.4 is 11.2 Å². The molecule has 5 atom stereocenters. The first-order valence-corrected chi connectivity index (χ1v) is 8.96. The molecule has 0 bridgehead atoms. The van der Waals surface area contributed by atoms with Crippen LogP contribution in [0.25, 0.3) is 0 Å². The molecule has 2 saturated heterocycles. The van der Waals surface area contributed by atoms with Gasteiger partial charge in [0.2, 0.25) is 0 Å². The van der Waals surface area contributed by atoms with Crippen molar-refractivity contribution in [3.05, 3.63) is 33.1 Å². The van der Waals surface area contributed by atoms with Gasteiger partial charge in [-0.3, -0.25) is 18.9 Å². The van der Waals surface area contributed by atoms with Crippen LogP contribution in [0.4, 0.5) is 4.39 Å². The largest absolute Gasteiger partial charge is 0.343 e. The van der Waals surface area contributed by atoms with Gasteiger partial charge in [-0.25, -0.2) is 9.18 Å². The predicted octanol–water partition coefficient (Wildman–Crippen LogP) is 0.448. The summed E-state index contributed by atoms with van der Waals surface area (Å²) in [7, 11) is 1.33. The van der Waals surface area contributed by atoms with E-state index in [1.165, 1.54) is 13.3 Å². The third-order valence-electron chi connectivity index (χ3n) is 3.65. The minimum atomic E-state index is -3.01. The van der Waals surface area contributed by atoms with Crippen LogP contribution in [0.5, 0.6) is 0 Å². The molecule has 2 aliphatic rings. The van der Waals surface area contributed by atoms with Gasteiger partial charge in [-0.15, -0.1) is 0 Å². The van der Waals surface area contributed by atoms with Gasteiger partial charge in [0.15, 0.2) is 12.4 Å². The van der Waals surface area contributed by atoms with E-state index in [1.54, 1.807) is 6.92 Å². The van der Waals surface area contributed by atoms with Crippen molar-refractivity contribution in [1.82, 2.24) is 9.55 Å². The lowest BCUT2D eigenvalue weighted by atomic mass is 9.99. The first-order valence-electron chi connectivity index (χ1n) is 6.40. The van der Waals surface area contributed by atoms with Crippen LogP contribution in [0.2, 0.25) is 0 Å². The number of hydrogen-bond donors (Lipinski definition) is 1. The normalized spacial score (nSPS) is 41.3. The average Bonchev–Trinajstić information content (AvgIpc) is 2.72. The second-order valence-electron chi connectivity index (χ2n) is 5.21. The molecule has 1 N–H and O–H groups in total. The number of nitrogens with one attached hydrogen (secondary N) is 1. The maximum Gasteiger partial charge on any atom is 0.330 e. The molecule has 0 saturated carbocycles. The van der Waals surface area contributed by atoms with E-state index in [0.717, 1.165) is 10.6 Å². The average molecular weight is 352 g/mol. The molecule has 0 spiro atoms. The zero-order valence-corrected chi connectivity index (χ0v) is 13.4. The van der Waals surface area contributed by atoms with Crippen molar-refractivity contribution in [2.45, 2.75) is 31.0 Å². The highest BCUT2D eigenvalue weighted by Crippen LogP contribution is 2.59. The van der Waals surface area contributed by atoms with E-state index in [4.69, 9.17) is 30.1 Å². The molecular weight excluding hydrogens is 338 g/mol. The summed E-state index contributed by atoms with van der Waals surface area (Å²) in [6.07, 6.45) is -2.78. The fourth-order valence-corrected chi connectivity index (χ4v) is 4.21. The molecule has 22 heavy (non-hydrogen) atoms. The molecule has 11 heteroatoms. The van der Waals surface area contributed by atoms with Crippen LogP contribution in [-0.2, 0) is 30.1 Å². The number of ether oxygens (including phenoxy) is 1. The van der Waals surface area contributed by atoms with Gasteiger partial charge >= 0.3 is 12.4 Å². The molecule has 2 fully saturated rings. The number of aromatic nitrogens is 2. The Morgan fingerprint density at radius 1 is 1.59 bits per heavy atom. The maximum absolute atomic E-state index is 14.8. The summed E-state index contributed by atoms with van der Waals surface area (Å²) in [6, 6.07) is 1.11. The molecule has 122 valence electrons.